The number of methoxy groups -OCH3 is 1. The third kappa shape index (κ3) is 6.56. The van der Waals surface area contributed by atoms with Gasteiger partial charge in [-0.1, -0.05) is 86.1 Å². The number of nitrogens with zero attached hydrogens (tertiary/aromatic N) is 4. The summed E-state index contributed by atoms with van der Waals surface area (Å²) in [6.07, 6.45) is 1.42. The Morgan fingerprint density at radius 2 is 1.68 bits per heavy atom. The molecule has 0 fully saturated rings. The lowest BCUT2D eigenvalue weighted by Gasteiger charge is -2.19. The van der Waals surface area contributed by atoms with Crippen molar-refractivity contribution >= 4 is 47.1 Å². The Balaban J connectivity index is 1.56. The molecule has 0 atom stereocenters. The van der Waals surface area contributed by atoms with Crippen LogP contribution in [-0.2, 0) is 10.2 Å². The van der Waals surface area contributed by atoms with Crippen molar-refractivity contribution in [2.75, 3.05) is 12.9 Å². The molecule has 0 spiro atoms. The Labute approximate surface area is 236 Å². The summed E-state index contributed by atoms with van der Waals surface area (Å²) >= 11 is 13.5. The molecule has 4 aromatic rings. The molecule has 10 heteroatoms. The summed E-state index contributed by atoms with van der Waals surface area (Å²) in [4.78, 5) is 12.5. The number of aromatic nitrogens is 3. The average Bonchev–Trinajstić information content (AvgIpc) is 3.33. The van der Waals surface area contributed by atoms with E-state index in [1.54, 1.807) is 25.3 Å². The molecule has 196 valence electrons. The van der Waals surface area contributed by atoms with E-state index in [4.69, 9.17) is 27.9 Å². The third-order valence-corrected chi connectivity index (χ3v) is 7.28. The van der Waals surface area contributed by atoms with Gasteiger partial charge in [-0.3, -0.25) is 9.36 Å². The Morgan fingerprint density at radius 3 is 2.29 bits per heavy atom. The summed E-state index contributed by atoms with van der Waals surface area (Å²) in [5, 5.41) is 14.3. The van der Waals surface area contributed by atoms with E-state index in [2.05, 4.69) is 53.6 Å². The van der Waals surface area contributed by atoms with Gasteiger partial charge < -0.3 is 4.74 Å². The molecule has 0 unspecified atom stereocenters. The summed E-state index contributed by atoms with van der Waals surface area (Å²) in [6, 6.07) is 21.0. The molecule has 0 radical (unpaired) electrons. The fraction of sp³-hybridized carbons (Fsp3) is 0.214. The number of halogens is 2. The van der Waals surface area contributed by atoms with Crippen molar-refractivity contribution in [1.82, 2.24) is 20.2 Å². The number of carbonyl (C=O) groups excluding carboxylic acids is 1. The van der Waals surface area contributed by atoms with E-state index in [9.17, 15) is 4.79 Å². The van der Waals surface area contributed by atoms with E-state index in [0.29, 0.717) is 26.6 Å². The standard InChI is InChI=1S/C28H27Cl2N5O2S/c1-28(2,3)19-10-8-18(9-11-19)26-33-34-27(35(26)20-12-14-21(37-4)15-13-20)38-17-25(36)32-31-16-22-23(29)6-5-7-24(22)30/h5-16H,17H2,1-4H3,(H,32,36)/b31-16-. The summed E-state index contributed by atoms with van der Waals surface area (Å²) in [7, 11) is 1.62. The largest absolute Gasteiger partial charge is 0.497 e. The smallest absolute Gasteiger partial charge is 0.250 e. The highest BCUT2D eigenvalue weighted by molar-refractivity contribution is 7.99. The Kier molecular flexibility index (Phi) is 8.76. The van der Waals surface area contributed by atoms with Crippen LogP contribution in [-0.4, -0.2) is 39.7 Å². The van der Waals surface area contributed by atoms with Crippen LogP contribution in [0.2, 0.25) is 10.0 Å². The summed E-state index contributed by atoms with van der Waals surface area (Å²) < 4.78 is 7.24. The number of ether oxygens (including phenoxy) is 1. The Hall–Kier alpha value is -3.33. The van der Waals surface area contributed by atoms with E-state index in [1.807, 2.05) is 41.0 Å². The van der Waals surface area contributed by atoms with Crippen LogP contribution >= 0.6 is 35.0 Å². The predicted octanol–water partition coefficient (Wildman–Crippen LogP) is 6.79. The van der Waals surface area contributed by atoms with E-state index in [0.717, 1.165) is 17.0 Å². The van der Waals surface area contributed by atoms with E-state index in [-0.39, 0.29) is 17.1 Å². The highest BCUT2D eigenvalue weighted by Gasteiger charge is 2.19. The number of hydrogen-bond donors (Lipinski definition) is 1. The Morgan fingerprint density at radius 1 is 1.03 bits per heavy atom. The molecule has 0 saturated heterocycles. The predicted molar refractivity (Wildman–Crippen MR) is 155 cm³/mol. The maximum absolute atomic E-state index is 12.5. The second-order valence-corrected chi connectivity index (χ2v) is 11.1. The zero-order valence-corrected chi connectivity index (χ0v) is 23.7. The quantitative estimate of drug-likeness (QED) is 0.144. The van der Waals surface area contributed by atoms with Gasteiger partial charge in [-0.25, -0.2) is 5.43 Å². The number of nitrogens with one attached hydrogen (secondary N) is 1. The number of rotatable bonds is 8. The molecule has 1 N–H and O–H groups in total. The molecule has 3 aromatic carbocycles. The van der Waals surface area contributed by atoms with Gasteiger partial charge in [-0.15, -0.1) is 10.2 Å². The molecule has 0 aliphatic rings. The second kappa shape index (κ2) is 12.0. The van der Waals surface area contributed by atoms with E-state index >= 15 is 0 Å². The van der Waals surface area contributed by atoms with Gasteiger partial charge in [0.1, 0.15) is 5.75 Å². The van der Waals surface area contributed by atoms with Crippen molar-refractivity contribution in [1.29, 1.82) is 0 Å². The van der Waals surface area contributed by atoms with Crippen molar-refractivity contribution < 1.29 is 9.53 Å². The lowest BCUT2D eigenvalue weighted by Crippen LogP contribution is -2.20. The van der Waals surface area contributed by atoms with Gasteiger partial charge >= 0.3 is 0 Å². The first-order valence-corrected chi connectivity index (χ1v) is 13.5. The van der Waals surface area contributed by atoms with Crippen LogP contribution in [0.5, 0.6) is 5.75 Å². The number of hydrogen-bond acceptors (Lipinski definition) is 6. The van der Waals surface area contributed by atoms with Crippen LogP contribution in [0.25, 0.3) is 17.1 Å². The van der Waals surface area contributed by atoms with Gasteiger partial charge in [-0.2, -0.15) is 5.10 Å². The number of carbonyl (C=O) groups is 1. The van der Waals surface area contributed by atoms with Crippen LogP contribution in [0.15, 0.2) is 77.0 Å². The molecule has 7 nitrogen and oxygen atoms in total. The molecule has 0 bridgehead atoms. The fourth-order valence-electron chi connectivity index (χ4n) is 3.60. The molecule has 38 heavy (non-hydrogen) atoms. The summed E-state index contributed by atoms with van der Waals surface area (Å²) in [5.41, 5.74) is 6.06. The third-order valence-electron chi connectivity index (χ3n) is 5.69. The van der Waals surface area contributed by atoms with Crippen LogP contribution < -0.4 is 10.2 Å². The first kappa shape index (κ1) is 27.7. The lowest BCUT2D eigenvalue weighted by atomic mass is 9.87. The van der Waals surface area contributed by atoms with Crippen molar-refractivity contribution in [3.63, 3.8) is 0 Å². The van der Waals surface area contributed by atoms with Crippen molar-refractivity contribution in [3.05, 3.63) is 87.9 Å². The molecular weight excluding hydrogens is 541 g/mol. The lowest BCUT2D eigenvalue weighted by molar-refractivity contribution is -0.118. The average molecular weight is 569 g/mol. The molecule has 4 rings (SSSR count). The number of hydrazone groups is 1. The molecular formula is C28H27Cl2N5O2S. The zero-order valence-electron chi connectivity index (χ0n) is 21.4. The topological polar surface area (TPSA) is 81.4 Å². The number of benzene rings is 3. The van der Waals surface area contributed by atoms with Gasteiger partial charge in [0.2, 0.25) is 0 Å². The van der Waals surface area contributed by atoms with E-state index in [1.165, 1.54) is 23.5 Å². The minimum Gasteiger partial charge on any atom is -0.497 e. The second-order valence-electron chi connectivity index (χ2n) is 9.38. The molecule has 0 aliphatic carbocycles. The van der Waals surface area contributed by atoms with Gasteiger partial charge in [-0.05, 0) is 47.4 Å². The van der Waals surface area contributed by atoms with Crippen LogP contribution in [0.1, 0.15) is 31.9 Å². The van der Waals surface area contributed by atoms with Gasteiger partial charge in [0, 0.05) is 16.8 Å². The minimum absolute atomic E-state index is 0.0379. The Bertz CT molecular complexity index is 1430. The van der Waals surface area contributed by atoms with Gasteiger partial charge in [0.15, 0.2) is 11.0 Å². The number of amides is 1. The minimum atomic E-state index is -0.310. The fourth-order valence-corrected chi connectivity index (χ4v) is 4.84. The first-order valence-electron chi connectivity index (χ1n) is 11.8. The normalized spacial score (nSPS) is 11.6. The molecule has 1 amide bonds. The van der Waals surface area contributed by atoms with Gasteiger partial charge in [0.25, 0.3) is 5.91 Å². The van der Waals surface area contributed by atoms with Crippen molar-refractivity contribution in [2.24, 2.45) is 5.10 Å². The maximum Gasteiger partial charge on any atom is 0.250 e. The van der Waals surface area contributed by atoms with Crippen molar-refractivity contribution in [3.8, 4) is 22.8 Å². The molecule has 1 aromatic heterocycles. The number of thioether (sulfide) groups is 1. The maximum atomic E-state index is 12.5. The highest BCUT2D eigenvalue weighted by Crippen LogP contribution is 2.31. The summed E-state index contributed by atoms with van der Waals surface area (Å²) in [5.74, 6) is 1.17. The van der Waals surface area contributed by atoms with Crippen molar-refractivity contribution in [2.45, 2.75) is 31.3 Å². The highest BCUT2D eigenvalue weighted by atomic mass is 35.5. The molecule has 1 heterocycles. The SMILES string of the molecule is COc1ccc(-n2c(SCC(=O)N/N=C\c3c(Cl)cccc3Cl)nnc2-c2ccc(C(C)(C)C)cc2)cc1. The zero-order chi connectivity index (χ0) is 27.3. The van der Waals surface area contributed by atoms with Crippen LogP contribution in [0.4, 0.5) is 0 Å². The van der Waals surface area contributed by atoms with Crippen LogP contribution in [0.3, 0.4) is 0 Å². The molecule has 0 aliphatic heterocycles. The monoisotopic (exact) mass is 567 g/mol. The molecule has 0 saturated carbocycles. The van der Waals surface area contributed by atoms with Gasteiger partial charge in [0.05, 0.1) is 29.1 Å². The van der Waals surface area contributed by atoms with E-state index < -0.39 is 0 Å². The first-order chi connectivity index (χ1) is 18.2. The summed E-state index contributed by atoms with van der Waals surface area (Å²) in [6.45, 7) is 6.53. The van der Waals surface area contributed by atoms with Crippen LogP contribution in [0, 0.1) is 0 Å².